The van der Waals surface area contributed by atoms with E-state index in [1.165, 1.54) is 0 Å². The van der Waals surface area contributed by atoms with Crippen molar-refractivity contribution in [1.82, 2.24) is 4.98 Å². The molecule has 0 saturated carbocycles. The molecule has 0 unspecified atom stereocenters. The van der Waals surface area contributed by atoms with Gasteiger partial charge in [0.25, 0.3) is 0 Å². The number of nitrogens with two attached hydrogens (primary N) is 2. The molecule has 9 heteroatoms. The van der Waals surface area contributed by atoms with Crippen LogP contribution < -0.4 is 16.2 Å². The summed E-state index contributed by atoms with van der Waals surface area (Å²) >= 11 is -1.65. The molecule has 1 aromatic carbocycles. The van der Waals surface area contributed by atoms with Gasteiger partial charge in [0.15, 0.2) is 0 Å². The minimum atomic E-state index is -1.65. The van der Waals surface area contributed by atoms with E-state index in [1.807, 2.05) is 6.07 Å². The van der Waals surface area contributed by atoms with Gasteiger partial charge in [0.1, 0.15) is 0 Å². The van der Waals surface area contributed by atoms with Gasteiger partial charge in [0, 0.05) is 0 Å². The molecule has 1 aliphatic heterocycles. The first-order chi connectivity index (χ1) is 10.6. The predicted octanol–water partition coefficient (Wildman–Crippen LogP) is 0.855. The number of rotatable bonds is 3. The number of nitrogens with zero attached hydrogens (tertiary/aromatic N) is 3. The fourth-order valence-corrected chi connectivity index (χ4v) is 4.49. The molecule has 0 amide bonds. The average Bonchev–Trinajstić information content (AvgIpc) is 2.50. The minimum absolute atomic E-state index is 0.134. The fraction of sp³-hybridized carbons (Fsp3) is 0. The van der Waals surface area contributed by atoms with Gasteiger partial charge < -0.3 is 0 Å². The molecule has 0 bridgehead atoms. The van der Waals surface area contributed by atoms with E-state index in [2.05, 4.69) is 9.98 Å². The summed E-state index contributed by atoms with van der Waals surface area (Å²) in [4.78, 5) is 18.7. The van der Waals surface area contributed by atoms with Gasteiger partial charge in [-0.3, -0.25) is 0 Å². The number of nitro groups is 1. The molecule has 22 heavy (non-hydrogen) atoms. The van der Waals surface area contributed by atoms with Gasteiger partial charge in [0.05, 0.1) is 0 Å². The van der Waals surface area contributed by atoms with E-state index >= 15 is 0 Å². The molecule has 1 aliphatic rings. The van der Waals surface area contributed by atoms with Crippen molar-refractivity contribution in [2.24, 2.45) is 10.7 Å². The number of hydrogen-bond acceptors (Lipinski definition) is 7. The summed E-state index contributed by atoms with van der Waals surface area (Å²) in [6.45, 7) is 0. The number of aliphatic imine (C=N–C) groups is 1. The second-order valence-corrected chi connectivity index (χ2v) is 7.30. The van der Waals surface area contributed by atoms with Crippen LogP contribution in [0, 0.1) is 10.1 Å². The van der Waals surface area contributed by atoms with Crippen molar-refractivity contribution >= 4 is 25.4 Å². The van der Waals surface area contributed by atoms with Crippen LogP contribution in [0.15, 0.2) is 43.7 Å². The zero-order valence-electron chi connectivity index (χ0n) is 11.3. The molecule has 0 spiro atoms. The van der Waals surface area contributed by atoms with Crippen LogP contribution in [0.25, 0.3) is 10.9 Å². The van der Waals surface area contributed by atoms with E-state index in [0.29, 0.717) is 19.5 Å². The molecule has 0 aliphatic carbocycles. The topological polar surface area (TPSA) is 130 Å². The fourth-order valence-electron chi connectivity index (χ4n) is 2.09. The molecule has 8 nitrogen and oxygen atoms in total. The Balaban J connectivity index is 2.13. The molecule has 2 aromatic rings. The van der Waals surface area contributed by atoms with Crippen LogP contribution in [-0.4, -0.2) is 18.7 Å². The van der Waals surface area contributed by atoms with Crippen LogP contribution in [0.4, 0.5) is 5.69 Å². The number of nitrogen functional groups attached to an aromatic ring is 1. The number of anilines is 1. The molecule has 3 rings (SSSR count). The van der Waals surface area contributed by atoms with Crippen LogP contribution >= 0.6 is 0 Å². The standard InChI is InChI=1S/C13H10N5O3.Y/c1-16-13(15)10(18(19)20)7-21-11-5-4-9(14)8-3-2-6-17-12(8)11;/h1-6H,14-15H2;. The summed E-state index contributed by atoms with van der Waals surface area (Å²) in [5, 5.41) is 11.9. The maximum atomic E-state index is 11.2. The molecule has 1 aromatic heterocycles. The molecule has 0 radical (unpaired) electrons. The van der Waals surface area contributed by atoms with E-state index in [-0.39, 0.29) is 11.5 Å². The number of benzene rings is 1. The van der Waals surface area contributed by atoms with Gasteiger partial charge >= 0.3 is 140 Å². The van der Waals surface area contributed by atoms with Gasteiger partial charge in [-0.15, -0.1) is 0 Å². The van der Waals surface area contributed by atoms with Crippen molar-refractivity contribution in [3.63, 3.8) is 0 Å². The van der Waals surface area contributed by atoms with E-state index in [1.54, 1.807) is 27.3 Å². The molecular weight excluding hydrogens is 363 g/mol. The quantitative estimate of drug-likeness (QED) is 0.466. The molecule has 0 saturated heterocycles. The van der Waals surface area contributed by atoms with E-state index < -0.39 is 33.6 Å². The summed E-state index contributed by atoms with van der Waals surface area (Å²) in [6, 6.07) is 6.92. The summed E-state index contributed by atoms with van der Waals surface area (Å²) < 4.78 is 7.74. The van der Waals surface area contributed by atoms with Crippen LogP contribution in [0.5, 0.6) is 5.75 Å². The van der Waals surface area contributed by atoms with Crippen molar-refractivity contribution in [3.05, 3.63) is 48.8 Å². The summed E-state index contributed by atoms with van der Waals surface area (Å²) in [5.74, 6) is 0.291. The Morgan fingerprint density at radius 3 is 2.86 bits per heavy atom. The van der Waals surface area contributed by atoms with Crippen LogP contribution in [0.3, 0.4) is 0 Å². The van der Waals surface area contributed by atoms with Crippen molar-refractivity contribution < 1.29 is 38.4 Å². The number of hydrogen-bond donors (Lipinski definition) is 2. The number of fused-ring (bicyclic) bond motifs is 1. The number of aromatic nitrogens is 1. The Hall–Kier alpha value is -2.19. The first-order valence-electron chi connectivity index (χ1n) is 6.28. The predicted molar refractivity (Wildman–Crippen MR) is 78.5 cm³/mol. The zero-order chi connectivity index (χ0) is 15.7. The van der Waals surface area contributed by atoms with Gasteiger partial charge in [-0.2, -0.15) is 0 Å². The Morgan fingerprint density at radius 2 is 2.09 bits per heavy atom. The van der Waals surface area contributed by atoms with Gasteiger partial charge in [0.2, 0.25) is 0 Å². The number of amidine groups is 1. The third-order valence-corrected chi connectivity index (χ3v) is 5.52. The van der Waals surface area contributed by atoms with Crippen LogP contribution in [-0.2, 0) is 28.7 Å². The van der Waals surface area contributed by atoms with E-state index in [0.717, 1.165) is 5.39 Å². The molecule has 0 fully saturated rings. The maximum absolute atomic E-state index is 11.2. The Morgan fingerprint density at radius 1 is 1.27 bits per heavy atom. The molecule has 2 heterocycles. The first kappa shape index (κ1) is 14.7. The van der Waals surface area contributed by atoms with Crippen LogP contribution in [0.1, 0.15) is 0 Å². The SMILES string of the molecule is NC1=N[CH]=[Y][C](Oc2ccc(N)c3cccnc23)=C1[N+](=O)[O-]. The van der Waals surface area contributed by atoms with Crippen molar-refractivity contribution in [2.75, 3.05) is 5.73 Å². The summed E-state index contributed by atoms with van der Waals surface area (Å²) in [7, 11) is 0. The van der Waals surface area contributed by atoms with Gasteiger partial charge in [-0.05, 0) is 0 Å². The molecule has 0 atom stereocenters. The Kier molecular flexibility index (Phi) is 3.95. The number of ether oxygens (including phenoxy) is 1. The second kappa shape index (κ2) is 5.90. The third-order valence-electron chi connectivity index (χ3n) is 3.08. The average molecular weight is 373 g/mol. The first-order valence-corrected chi connectivity index (χ1v) is 9.33. The second-order valence-electron chi connectivity index (χ2n) is 4.45. The van der Waals surface area contributed by atoms with E-state index in [4.69, 9.17) is 16.2 Å². The van der Waals surface area contributed by atoms with Crippen molar-refractivity contribution in [2.45, 2.75) is 0 Å². The van der Waals surface area contributed by atoms with Crippen molar-refractivity contribution in [1.29, 1.82) is 0 Å². The zero-order valence-corrected chi connectivity index (χ0v) is 14.1. The number of pyridine rings is 1. The van der Waals surface area contributed by atoms with Crippen LogP contribution in [0.2, 0.25) is 0 Å². The van der Waals surface area contributed by atoms with Crippen molar-refractivity contribution in [3.8, 4) is 5.75 Å². The van der Waals surface area contributed by atoms with E-state index in [9.17, 15) is 10.1 Å². The normalized spacial score (nSPS) is 13.7. The Bertz CT molecular complexity index is 875. The molecular formula is C13H10N5O3Y. The van der Waals surface area contributed by atoms with Gasteiger partial charge in [-0.1, -0.05) is 0 Å². The Labute approximate surface area is 139 Å². The summed E-state index contributed by atoms with van der Waals surface area (Å²) in [6.07, 6.45) is 1.61. The molecule has 4 N–H and O–H groups in total. The molecule has 108 valence electrons. The monoisotopic (exact) mass is 373 g/mol. The third kappa shape index (κ3) is 2.62. The van der Waals surface area contributed by atoms with Gasteiger partial charge in [-0.25, -0.2) is 0 Å². The summed E-state index contributed by atoms with van der Waals surface area (Å²) in [5.41, 5.74) is 12.4.